The van der Waals surface area contributed by atoms with Crippen molar-refractivity contribution in [3.05, 3.63) is 120 Å². The standard InChI is InChI=1S/C27H31F3N2O5.C19H19F3N2O3S/c1-25(2,3)36-23(33)31-21-16-32(24(34)37-26(4,5)6)22-12-11-19(15-20(21)22)35-14-13-17-7-9-18(10-8-17)27(28,29)30;1-2-28(25,26)24-18-12-23-17-8-7-15(11-16(17)18)27-10-9-13-3-5-14(6-4-13)19(20,21)22/h7-12,15-16H,13-14H2,1-6H3,(H,31,33);3-8,11-12,23-24H,2,9-10H2,1H3. The maximum absolute atomic E-state index is 12.8. The maximum atomic E-state index is 12.8. The second kappa shape index (κ2) is 19.8. The van der Waals surface area contributed by atoms with Crippen molar-refractivity contribution in [3.8, 4) is 11.5 Å². The number of sulfonamides is 1. The Labute approximate surface area is 372 Å². The van der Waals surface area contributed by atoms with Crippen LogP contribution in [0.2, 0.25) is 0 Å². The number of alkyl halides is 6. The van der Waals surface area contributed by atoms with Gasteiger partial charge in [0.2, 0.25) is 10.0 Å². The number of amides is 1. The number of carbonyl (C=O) groups is 2. The first kappa shape index (κ1) is 49.6. The molecule has 6 aromatic rings. The minimum absolute atomic E-state index is 0.0387. The number of nitrogens with zero attached hydrogens (tertiary/aromatic N) is 1. The molecule has 19 heteroatoms. The van der Waals surface area contributed by atoms with Crippen LogP contribution in [0.1, 0.15) is 70.7 Å². The van der Waals surface area contributed by atoms with Gasteiger partial charge >= 0.3 is 24.5 Å². The Balaban J connectivity index is 0.000000253. The van der Waals surface area contributed by atoms with E-state index in [4.69, 9.17) is 18.9 Å². The number of anilines is 2. The van der Waals surface area contributed by atoms with E-state index >= 15 is 0 Å². The molecule has 0 radical (unpaired) electrons. The van der Waals surface area contributed by atoms with Gasteiger partial charge < -0.3 is 23.9 Å². The Hall–Kier alpha value is -6.37. The van der Waals surface area contributed by atoms with Crippen LogP contribution < -0.4 is 19.5 Å². The van der Waals surface area contributed by atoms with Gasteiger partial charge in [0, 0.05) is 41.5 Å². The monoisotopic (exact) mass is 932 g/mol. The molecule has 0 aliphatic carbocycles. The molecule has 65 heavy (non-hydrogen) atoms. The Kier molecular flexibility index (Phi) is 15.1. The summed E-state index contributed by atoms with van der Waals surface area (Å²) in [6.45, 7) is 12.5. The molecule has 4 aromatic carbocycles. The molecule has 3 N–H and O–H groups in total. The van der Waals surface area contributed by atoms with Gasteiger partial charge in [-0.05, 0) is 120 Å². The van der Waals surface area contributed by atoms with Crippen LogP contribution >= 0.6 is 0 Å². The number of hydrogen-bond donors (Lipinski definition) is 3. The number of fused-ring (bicyclic) bond motifs is 2. The van der Waals surface area contributed by atoms with Crippen LogP contribution in [0, 0.1) is 0 Å². The highest BCUT2D eigenvalue weighted by Gasteiger charge is 2.31. The Morgan fingerprint density at radius 1 is 0.662 bits per heavy atom. The first-order chi connectivity index (χ1) is 30.2. The molecule has 0 atom stereocenters. The van der Waals surface area contributed by atoms with Crippen LogP contribution in [-0.4, -0.2) is 60.3 Å². The average molecular weight is 933 g/mol. The lowest BCUT2D eigenvalue weighted by atomic mass is 10.1. The second-order valence-electron chi connectivity index (χ2n) is 16.7. The third-order valence-corrected chi connectivity index (χ3v) is 10.5. The van der Waals surface area contributed by atoms with Crippen LogP contribution in [-0.2, 0) is 44.7 Å². The van der Waals surface area contributed by atoms with E-state index in [0.717, 1.165) is 35.3 Å². The molecule has 0 aliphatic rings. The lowest BCUT2D eigenvalue weighted by Gasteiger charge is -2.20. The fourth-order valence-corrected chi connectivity index (χ4v) is 6.73. The van der Waals surface area contributed by atoms with E-state index in [1.165, 1.54) is 35.0 Å². The van der Waals surface area contributed by atoms with Crippen molar-refractivity contribution < 1.29 is 63.3 Å². The summed E-state index contributed by atoms with van der Waals surface area (Å²) in [6, 6.07) is 20.1. The summed E-state index contributed by atoms with van der Waals surface area (Å²) in [4.78, 5) is 28.2. The molecule has 0 saturated carbocycles. The molecule has 0 spiro atoms. The van der Waals surface area contributed by atoms with Gasteiger partial charge in [-0.1, -0.05) is 24.3 Å². The zero-order valence-corrected chi connectivity index (χ0v) is 37.5. The maximum Gasteiger partial charge on any atom is 0.419 e. The van der Waals surface area contributed by atoms with Crippen molar-refractivity contribution in [1.82, 2.24) is 9.55 Å². The lowest BCUT2D eigenvalue weighted by Crippen LogP contribution is -2.27. The number of carbonyl (C=O) groups excluding carboxylic acids is 2. The fourth-order valence-electron chi connectivity index (χ4n) is 6.08. The molecule has 0 unspecified atom stereocenters. The summed E-state index contributed by atoms with van der Waals surface area (Å²) >= 11 is 0. The number of hydrogen-bond acceptors (Lipinski definition) is 8. The number of halogens is 6. The summed E-state index contributed by atoms with van der Waals surface area (Å²) in [5.41, 5.74) is 0.574. The fraction of sp³-hybridized carbons (Fsp3) is 0.348. The minimum atomic E-state index is -4.38. The van der Waals surface area contributed by atoms with E-state index < -0.39 is 56.9 Å². The van der Waals surface area contributed by atoms with Gasteiger partial charge in [-0.3, -0.25) is 14.6 Å². The summed E-state index contributed by atoms with van der Waals surface area (Å²) < 4.78 is 126. The number of aromatic nitrogens is 2. The third kappa shape index (κ3) is 14.6. The molecule has 0 fully saturated rings. The zero-order valence-electron chi connectivity index (χ0n) is 36.7. The molecule has 0 bridgehead atoms. The highest BCUT2D eigenvalue weighted by molar-refractivity contribution is 7.92. The van der Waals surface area contributed by atoms with Crippen molar-refractivity contribution in [1.29, 1.82) is 0 Å². The van der Waals surface area contributed by atoms with Gasteiger partial charge in [-0.15, -0.1) is 0 Å². The first-order valence-electron chi connectivity index (χ1n) is 20.3. The molecule has 2 heterocycles. The number of nitrogens with one attached hydrogen (secondary N) is 3. The topological polar surface area (TPSA) is 150 Å². The van der Waals surface area contributed by atoms with Crippen LogP contribution in [0.3, 0.4) is 0 Å². The van der Waals surface area contributed by atoms with E-state index in [1.807, 2.05) is 0 Å². The van der Waals surface area contributed by atoms with E-state index in [-0.39, 0.29) is 19.0 Å². The van der Waals surface area contributed by atoms with Gasteiger partial charge in [0.15, 0.2) is 0 Å². The highest BCUT2D eigenvalue weighted by Crippen LogP contribution is 2.33. The van der Waals surface area contributed by atoms with E-state index in [1.54, 1.807) is 91.1 Å². The van der Waals surface area contributed by atoms with E-state index in [0.29, 0.717) is 57.6 Å². The van der Waals surface area contributed by atoms with Gasteiger partial charge in [-0.25, -0.2) is 18.0 Å². The quantitative estimate of drug-likeness (QED) is 0.103. The number of rotatable bonds is 12. The molecule has 1 amide bonds. The molecular weight excluding hydrogens is 883 g/mol. The Morgan fingerprint density at radius 3 is 1.63 bits per heavy atom. The van der Waals surface area contributed by atoms with Crippen LogP contribution in [0.5, 0.6) is 11.5 Å². The summed E-state index contributed by atoms with van der Waals surface area (Å²) in [7, 11) is -3.40. The lowest BCUT2D eigenvalue weighted by molar-refractivity contribution is -0.138. The normalized spacial score (nSPS) is 12.3. The van der Waals surface area contributed by atoms with E-state index in [2.05, 4.69) is 15.0 Å². The Bertz CT molecular complexity index is 2700. The summed E-state index contributed by atoms with van der Waals surface area (Å²) in [5, 5.41) is 3.86. The van der Waals surface area contributed by atoms with Crippen molar-refractivity contribution in [2.75, 3.05) is 29.0 Å². The Morgan fingerprint density at radius 2 is 1.15 bits per heavy atom. The molecule has 12 nitrogen and oxygen atoms in total. The number of H-pyrrole nitrogens is 1. The zero-order chi connectivity index (χ0) is 48.0. The molecule has 350 valence electrons. The molecule has 6 rings (SSSR count). The van der Waals surface area contributed by atoms with Gasteiger partial charge in [0.1, 0.15) is 22.7 Å². The van der Waals surface area contributed by atoms with Gasteiger partial charge in [-0.2, -0.15) is 26.3 Å². The largest absolute Gasteiger partial charge is 0.493 e. The predicted molar refractivity (Wildman–Crippen MR) is 236 cm³/mol. The van der Waals surface area contributed by atoms with Crippen molar-refractivity contribution in [2.45, 2.75) is 84.9 Å². The van der Waals surface area contributed by atoms with Gasteiger partial charge in [0.05, 0.1) is 47.0 Å². The SMILES string of the molecule is CC(C)(C)OC(=O)Nc1cn(C(=O)OC(C)(C)C)c2ccc(OCCc3ccc(C(F)(F)F)cc3)cc12.CCS(=O)(=O)Nc1c[nH]c2ccc(OCCc3ccc(C(F)(F)F)cc3)cc12. The molecule has 0 saturated heterocycles. The summed E-state index contributed by atoms with van der Waals surface area (Å²) in [5.74, 6) is 0.952. The number of ether oxygens (including phenoxy) is 4. The number of benzene rings is 4. The van der Waals surface area contributed by atoms with Crippen LogP contribution in [0.15, 0.2) is 97.3 Å². The van der Waals surface area contributed by atoms with Gasteiger partial charge in [0.25, 0.3) is 0 Å². The van der Waals surface area contributed by atoms with E-state index in [9.17, 15) is 44.3 Å². The smallest absolute Gasteiger partial charge is 0.419 e. The minimum Gasteiger partial charge on any atom is -0.493 e. The van der Waals surface area contributed by atoms with Crippen LogP contribution in [0.25, 0.3) is 21.8 Å². The molecular formula is C46H50F6N4O8S. The highest BCUT2D eigenvalue weighted by atomic mass is 32.2. The third-order valence-electron chi connectivity index (χ3n) is 9.18. The molecule has 2 aromatic heterocycles. The first-order valence-corrected chi connectivity index (χ1v) is 21.9. The average Bonchev–Trinajstić information content (AvgIpc) is 3.76. The van der Waals surface area contributed by atoms with Crippen molar-refractivity contribution in [2.24, 2.45) is 0 Å². The second-order valence-corrected chi connectivity index (χ2v) is 18.7. The summed E-state index contributed by atoms with van der Waals surface area (Å²) in [6.07, 6.45) is -6.19. The van der Waals surface area contributed by atoms with Crippen molar-refractivity contribution in [3.63, 3.8) is 0 Å². The molecule has 0 aliphatic heterocycles. The predicted octanol–water partition coefficient (Wildman–Crippen LogP) is 12.0. The van der Waals surface area contributed by atoms with Crippen molar-refractivity contribution >= 4 is 55.4 Å². The van der Waals surface area contributed by atoms with Crippen LogP contribution in [0.4, 0.5) is 47.3 Å². The number of aromatic amines is 1.